The Balaban J connectivity index is 2.17. The first-order valence-corrected chi connectivity index (χ1v) is 5.28. The predicted molar refractivity (Wildman–Crippen MR) is 60.6 cm³/mol. The summed E-state index contributed by atoms with van der Waals surface area (Å²) < 4.78 is 0. The molecule has 17 heavy (non-hydrogen) atoms. The molecule has 1 saturated heterocycles. The summed E-state index contributed by atoms with van der Waals surface area (Å²) in [6.45, 7) is 1.25. The van der Waals surface area contributed by atoms with Gasteiger partial charge in [-0.1, -0.05) is 0 Å². The molecule has 1 aliphatic heterocycles. The fraction of sp³-hybridized carbons (Fsp3) is 0.556. The van der Waals surface area contributed by atoms with Gasteiger partial charge in [0.05, 0.1) is 11.0 Å². The lowest BCUT2D eigenvalue weighted by Crippen LogP contribution is -2.36. The molecule has 1 fully saturated rings. The van der Waals surface area contributed by atoms with E-state index in [1.807, 2.05) is 4.90 Å². The molecule has 0 radical (unpaired) electrons. The highest BCUT2D eigenvalue weighted by Gasteiger charge is 2.21. The van der Waals surface area contributed by atoms with Crippen LogP contribution in [0.25, 0.3) is 0 Å². The Morgan fingerprint density at radius 1 is 1.53 bits per heavy atom. The van der Waals surface area contributed by atoms with Crippen LogP contribution in [0.3, 0.4) is 0 Å². The van der Waals surface area contributed by atoms with Crippen molar-refractivity contribution in [3.63, 3.8) is 0 Å². The standard InChI is InChI=1S/C9H13N5O3/c10-8-7(14(16)17)5-11-9(12-8)13-3-1-6(15)2-4-13/h5-6,15H,1-4H2,(H2,10,11,12). The van der Waals surface area contributed by atoms with Crippen LogP contribution in [0.4, 0.5) is 17.5 Å². The Hall–Kier alpha value is -1.96. The molecule has 1 aliphatic rings. The normalized spacial score (nSPS) is 17.1. The van der Waals surface area contributed by atoms with Gasteiger partial charge in [-0.05, 0) is 12.8 Å². The van der Waals surface area contributed by atoms with Crippen molar-refractivity contribution in [2.24, 2.45) is 0 Å². The van der Waals surface area contributed by atoms with Crippen LogP contribution in [0.5, 0.6) is 0 Å². The molecule has 1 aromatic heterocycles. The van der Waals surface area contributed by atoms with Gasteiger partial charge in [-0.25, -0.2) is 4.98 Å². The van der Waals surface area contributed by atoms with Gasteiger partial charge in [-0.2, -0.15) is 4.98 Å². The third-order valence-electron chi connectivity index (χ3n) is 2.73. The molecule has 0 spiro atoms. The van der Waals surface area contributed by atoms with E-state index in [2.05, 4.69) is 9.97 Å². The number of aromatic nitrogens is 2. The SMILES string of the molecule is Nc1nc(N2CCC(O)CC2)ncc1[N+](=O)[O-]. The molecule has 92 valence electrons. The lowest BCUT2D eigenvalue weighted by molar-refractivity contribution is -0.384. The minimum atomic E-state index is -0.612. The molecular formula is C9H13N5O3. The Morgan fingerprint density at radius 2 is 2.18 bits per heavy atom. The average Bonchev–Trinajstić information content (AvgIpc) is 2.29. The monoisotopic (exact) mass is 239 g/mol. The summed E-state index contributed by atoms with van der Waals surface area (Å²) in [5, 5.41) is 19.9. The number of piperidine rings is 1. The van der Waals surface area contributed by atoms with Crippen molar-refractivity contribution < 1.29 is 10.0 Å². The van der Waals surface area contributed by atoms with E-state index in [1.54, 1.807) is 0 Å². The van der Waals surface area contributed by atoms with Crippen molar-refractivity contribution in [2.45, 2.75) is 18.9 Å². The molecule has 0 atom stereocenters. The molecule has 0 unspecified atom stereocenters. The van der Waals surface area contributed by atoms with E-state index in [-0.39, 0.29) is 17.6 Å². The Morgan fingerprint density at radius 3 is 2.71 bits per heavy atom. The Bertz CT molecular complexity index is 431. The molecule has 0 aromatic carbocycles. The number of nitrogen functional groups attached to an aromatic ring is 1. The van der Waals surface area contributed by atoms with E-state index in [1.165, 1.54) is 0 Å². The second-order valence-electron chi connectivity index (χ2n) is 3.92. The van der Waals surface area contributed by atoms with Crippen LogP contribution >= 0.6 is 0 Å². The van der Waals surface area contributed by atoms with Crippen molar-refractivity contribution in [1.82, 2.24) is 9.97 Å². The van der Waals surface area contributed by atoms with Gasteiger partial charge >= 0.3 is 5.69 Å². The number of nitrogens with zero attached hydrogens (tertiary/aromatic N) is 4. The van der Waals surface area contributed by atoms with E-state index >= 15 is 0 Å². The lowest BCUT2D eigenvalue weighted by Gasteiger charge is -2.29. The Kier molecular flexibility index (Phi) is 3.05. The molecule has 2 heterocycles. The van der Waals surface area contributed by atoms with E-state index < -0.39 is 4.92 Å². The van der Waals surface area contributed by atoms with Gasteiger partial charge < -0.3 is 15.7 Å². The Labute approximate surface area is 97.2 Å². The summed E-state index contributed by atoms with van der Waals surface area (Å²) in [4.78, 5) is 19.6. The van der Waals surface area contributed by atoms with Crippen LogP contribution in [-0.4, -0.2) is 39.2 Å². The molecule has 3 N–H and O–H groups in total. The maximum Gasteiger partial charge on any atom is 0.329 e. The number of nitrogens with two attached hydrogens (primary N) is 1. The highest BCUT2D eigenvalue weighted by Crippen LogP contribution is 2.22. The van der Waals surface area contributed by atoms with Gasteiger partial charge in [-0.3, -0.25) is 10.1 Å². The predicted octanol–water partition coefficient (Wildman–Crippen LogP) is -0.0719. The highest BCUT2D eigenvalue weighted by atomic mass is 16.6. The fourth-order valence-corrected chi connectivity index (χ4v) is 1.74. The van der Waals surface area contributed by atoms with Crippen LogP contribution in [0, 0.1) is 10.1 Å². The average molecular weight is 239 g/mol. The van der Waals surface area contributed by atoms with Gasteiger partial charge in [0.1, 0.15) is 6.20 Å². The van der Waals surface area contributed by atoms with Crippen molar-refractivity contribution in [1.29, 1.82) is 0 Å². The molecule has 1 aromatic rings. The van der Waals surface area contributed by atoms with Crippen LogP contribution in [0.2, 0.25) is 0 Å². The zero-order valence-corrected chi connectivity index (χ0v) is 9.11. The molecule has 2 rings (SSSR count). The number of aliphatic hydroxyl groups is 1. The zero-order chi connectivity index (χ0) is 12.4. The number of hydrogen-bond acceptors (Lipinski definition) is 7. The second-order valence-corrected chi connectivity index (χ2v) is 3.92. The van der Waals surface area contributed by atoms with Crippen LogP contribution in [0.1, 0.15) is 12.8 Å². The van der Waals surface area contributed by atoms with E-state index in [4.69, 9.17) is 5.73 Å². The van der Waals surface area contributed by atoms with Gasteiger partial charge in [0.15, 0.2) is 0 Å². The summed E-state index contributed by atoms with van der Waals surface area (Å²) >= 11 is 0. The van der Waals surface area contributed by atoms with Crippen molar-refractivity contribution in [3.8, 4) is 0 Å². The minimum absolute atomic E-state index is 0.133. The van der Waals surface area contributed by atoms with Gasteiger partial charge in [0.2, 0.25) is 11.8 Å². The molecule has 0 saturated carbocycles. The summed E-state index contributed by atoms with van der Waals surface area (Å²) in [5.74, 6) is 0.242. The molecular weight excluding hydrogens is 226 g/mol. The van der Waals surface area contributed by atoms with E-state index in [0.29, 0.717) is 31.9 Å². The number of aliphatic hydroxyl groups excluding tert-OH is 1. The third-order valence-corrected chi connectivity index (χ3v) is 2.73. The minimum Gasteiger partial charge on any atom is -0.393 e. The fourth-order valence-electron chi connectivity index (χ4n) is 1.74. The quantitative estimate of drug-likeness (QED) is 0.547. The van der Waals surface area contributed by atoms with Crippen molar-refractivity contribution in [3.05, 3.63) is 16.3 Å². The third kappa shape index (κ3) is 2.41. The largest absolute Gasteiger partial charge is 0.393 e. The summed E-state index contributed by atoms with van der Waals surface area (Å²) in [5.41, 5.74) is 5.20. The molecule has 8 heteroatoms. The molecule has 0 bridgehead atoms. The van der Waals surface area contributed by atoms with Gasteiger partial charge in [-0.15, -0.1) is 0 Å². The summed E-state index contributed by atoms with van der Waals surface area (Å²) in [6.07, 6.45) is 2.10. The van der Waals surface area contributed by atoms with Crippen LogP contribution < -0.4 is 10.6 Å². The maximum atomic E-state index is 10.6. The smallest absolute Gasteiger partial charge is 0.329 e. The first-order chi connectivity index (χ1) is 8.08. The molecule has 8 nitrogen and oxygen atoms in total. The van der Waals surface area contributed by atoms with Gasteiger partial charge in [0, 0.05) is 13.1 Å². The number of nitro groups is 1. The topological polar surface area (TPSA) is 118 Å². The zero-order valence-electron chi connectivity index (χ0n) is 9.11. The maximum absolute atomic E-state index is 10.6. The van der Waals surface area contributed by atoms with E-state index in [9.17, 15) is 15.2 Å². The molecule has 0 amide bonds. The first kappa shape index (κ1) is 11.5. The highest BCUT2D eigenvalue weighted by molar-refractivity contribution is 5.53. The number of hydrogen-bond donors (Lipinski definition) is 2. The van der Waals surface area contributed by atoms with E-state index in [0.717, 1.165) is 6.20 Å². The molecule has 0 aliphatic carbocycles. The van der Waals surface area contributed by atoms with Crippen molar-refractivity contribution in [2.75, 3.05) is 23.7 Å². The number of anilines is 2. The summed E-state index contributed by atoms with van der Waals surface area (Å²) in [7, 11) is 0. The second kappa shape index (κ2) is 4.50. The van der Waals surface area contributed by atoms with Crippen LogP contribution in [0.15, 0.2) is 6.20 Å². The van der Waals surface area contributed by atoms with Crippen molar-refractivity contribution >= 4 is 17.5 Å². The van der Waals surface area contributed by atoms with Crippen LogP contribution in [-0.2, 0) is 0 Å². The first-order valence-electron chi connectivity index (χ1n) is 5.28. The lowest BCUT2D eigenvalue weighted by atomic mass is 10.1. The summed E-state index contributed by atoms with van der Waals surface area (Å²) in [6, 6.07) is 0. The number of rotatable bonds is 2. The van der Waals surface area contributed by atoms with Gasteiger partial charge in [0.25, 0.3) is 0 Å².